The second kappa shape index (κ2) is 4.49. The number of hydrogen-bond acceptors (Lipinski definition) is 3. The summed E-state index contributed by atoms with van der Waals surface area (Å²) in [4.78, 5) is 10.4. The first-order valence-corrected chi connectivity index (χ1v) is 3.24. The highest BCUT2D eigenvalue weighted by Crippen LogP contribution is 1.99. The number of carbonyl (C=O) groups is 1. The van der Waals surface area contributed by atoms with Crippen molar-refractivity contribution in [2.45, 2.75) is 19.9 Å². The van der Waals surface area contributed by atoms with Crippen molar-refractivity contribution in [2.75, 3.05) is 0 Å². The highest BCUT2D eigenvalue weighted by Gasteiger charge is 2.15. The van der Waals surface area contributed by atoms with E-state index in [1.807, 2.05) is 0 Å². The molecule has 1 atom stereocenters. The molecule has 11 heavy (non-hydrogen) atoms. The summed E-state index contributed by atoms with van der Waals surface area (Å²) in [6.45, 7) is 6.57. The van der Waals surface area contributed by atoms with E-state index in [0.29, 0.717) is 0 Å². The van der Waals surface area contributed by atoms with Crippen LogP contribution >= 0.6 is 0 Å². The van der Waals surface area contributed by atoms with Crippen molar-refractivity contribution in [3.63, 3.8) is 0 Å². The number of carboxylic acid groups (broad SMARTS) is 1. The smallest absolute Gasteiger partial charge is 0.328 e. The van der Waals surface area contributed by atoms with E-state index in [4.69, 9.17) is 5.11 Å². The van der Waals surface area contributed by atoms with Gasteiger partial charge in [-0.25, -0.2) is 4.79 Å². The van der Waals surface area contributed by atoms with Crippen LogP contribution in [0.3, 0.4) is 0 Å². The van der Waals surface area contributed by atoms with Crippen LogP contribution in [0.1, 0.15) is 13.8 Å². The summed E-state index contributed by atoms with van der Waals surface area (Å²) < 4.78 is 0. The van der Waals surface area contributed by atoms with Crippen LogP contribution in [0.4, 0.5) is 0 Å². The molecule has 0 fully saturated rings. The lowest BCUT2D eigenvalue weighted by atomic mass is 10.3. The Balaban J connectivity index is 4.24. The summed E-state index contributed by atoms with van der Waals surface area (Å²) in [7, 11) is 0. The fraction of sp³-hybridized carbons (Fsp3) is 0.429. The van der Waals surface area contributed by atoms with Crippen molar-refractivity contribution in [3.8, 4) is 0 Å². The number of nitrogens with zero attached hydrogens (tertiary/aromatic N) is 2. The molecule has 0 amide bonds. The highest BCUT2D eigenvalue weighted by atomic mass is 16.4. The van der Waals surface area contributed by atoms with Gasteiger partial charge in [-0.05, 0) is 13.8 Å². The quantitative estimate of drug-likeness (QED) is 0.486. The predicted molar refractivity (Wildman–Crippen MR) is 43.3 cm³/mol. The fourth-order valence-electron chi connectivity index (χ4n) is 0.565. The molecule has 0 aromatic carbocycles. The van der Waals surface area contributed by atoms with Crippen LogP contribution in [0.2, 0.25) is 0 Å². The third-order valence-electron chi connectivity index (χ3n) is 1.22. The predicted octanol–water partition coefficient (Wildman–Crippen LogP) is 0.911. The standard InChI is InChI=1S/C7H12N2O2/c1-4-5-9(8-3)6(2)7(10)11/h4-6H,3H2,1-2H3,(H,10,11)/b5-4-/t6-/m1/s1. The van der Waals surface area contributed by atoms with E-state index in [1.165, 1.54) is 11.9 Å². The topological polar surface area (TPSA) is 52.9 Å². The number of carboxylic acids is 1. The molecule has 0 aliphatic heterocycles. The van der Waals surface area contributed by atoms with Crippen molar-refractivity contribution < 1.29 is 9.90 Å². The van der Waals surface area contributed by atoms with Crippen molar-refractivity contribution >= 4 is 12.7 Å². The van der Waals surface area contributed by atoms with Crippen LogP contribution in [0, 0.1) is 0 Å². The molecule has 0 unspecified atom stereocenters. The molecule has 4 heteroatoms. The van der Waals surface area contributed by atoms with Crippen LogP contribution in [0.5, 0.6) is 0 Å². The van der Waals surface area contributed by atoms with E-state index in [0.717, 1.165) is 0 Å². The summed E-state index contributed by atoms with van der Waals surface area (Å²) in [6.07, 6.45) is 3.26. The second-order valence-corrected chi connectivity index (χ2v) is 2.02. The zero-order valence-corrected chi connectivity index (χ0v) is 6.69. The molecule has 0 saturated heterocycles. The Labute approximate surface area is 65.8 Å². The van der Waals surface area contributed by atoms with Crippen molar-refractivity contribution in [2.24, 2.45) is 5.10 Å². The first-order chi connectivity index (χ1) is 5.13. The van der Waals surface area contributed by atoms with Crippen molar-refractivity contribution in [1.29, 1.82) is 0 Å². The largest absolute Gasteiger partial charge is 0.480 e. The third kappa shape index (κ3) is 2.84. The highest BCUT2D eigenvalue weighted by molar-refractivity contribution is 5.73. The monoisotopic (exact) mass is 156 g/mol. The van der Waals surface area contributed by atoms with Crippen LogP contribution < -0.4 is 0 Å². The Kier molecular flexibility index (Phi) is 3.95. The minimum Gasteiger partial charge on any atom is -0.480 e. The summed E-state index contributed by atoms with van der Waals surface area (Å²) in [5.74, 6) is -0.921. The van der Waals surface area contributed by atoms with E-state index in [2.05, 4.69) is 11.8 Å². The molecular formula is C7H12N2O2. The molecule has 0 spiro atoms. The van der Waals surface area contributed by atoms with Crippen molar-refractivity contribution in [1.82, 2.24) is 5.01 Å². The first kappa shape index (κ1) is 9.68. The summed E-state index contributed by atoms with van der Waals surface area (Å²) in [5, 5.41) is 13.3. The van der Waals surface area contributed by atoms with E-state index in [-0.39, 0.29) is 0 Å². The third-order valence-corrected chi connectivity index (χ3v) is 1.22. The molecule has 0 bridgehead atoms. The molecular weight excluding hydrogens is 144 g/mol. The molecule has 4 nitrogen and oxygen atoms in total. The number of hydrogen-bond donors (Lipinski definition) is 1. The van der Waals surface area contributed by atoms with E-state index < -0.39 is 12.0 Å². The summed E-state index contributed by atoms with van der Waals surface area (Å²) in [5.41, 5.74) is 0. The van der Waals surface area contributed by atoms with Crippen molar-refractivity contribution in [3.05, 3.63) is 12.3 Å². The zero-order valence-electron chi connectivity index (χ0n) is 6.69. The van der Waals surface area contributed by atoms with Crippen LogP contribution in [0.25, 0.3) is 0 Å². The minimum atomic E-state index is -0.921. The van der Waals surface area contributed by atoms with Gasteiger partial charge >= 0.3 is 5.97 Å². The van der Waals surface area contributed by atoms with Crippen LogP contribution in [0.15, 0.2) is 17.4 Å². The maximum absolute atomic E-state index is 10.4. The van der Waals surface area contributed by atoms with Gasteiger partial charge < -0.3 is 5.11 Å². The lowest BCUT2D eigenvalue weighted by molar-refractivity contribution is -0.141. The van der Waals surface area contributed by atoms with Gasteiger partial charge in [0.05, 0.1) is 0 Å². The molecule has 1 N–H and O–H groups in total. The van der Waals surface area contributed by atoms with Gasteiger partial charge in [0.15, 0.2) is 0 Å². The minimum absolute atomic E-state index is 0.663. The van der Waals surface area contributed by atoms with Gasteiger partial charge in [0, 0.05) is 12.9 Å². The lowest BCUT2D eigenvalue weighted by Gasteiger charge is -2.17. The maximum atomic E-state index is 10.4. The zero-order chi connectivity index (χ0) is 8.85. The average Bonchev–Trinajstić information content (AvgIpc) is 1.98. The van der Waals surface area contributed by atoms with Gasteiger partial charge in [-0.15, -0.1) is 0 Å². The van der Waals surface area contributed by atoms with Gasteiger partial charge in [0.1, 0.15) is 6.04 Å². The lowest BCUT2D eigenvalue weighted by Crippen LogP contribution is -2.30. The molecule has 0 rings (SSSR count). The molecule has 0 heterocycles. The van der Waals surface area contributed by atoms with Gasteiger partial charge in [-0.3, -0.25) is 5.01 Å². The Morgan fingerprint density at radius 3 is 2.64 bits per heavy atom. The van der Waals surface area contributed by atoms with Gasteiger partial charge in [-0.1, -0.05) is 6.08 Å². The van der Waals surface area contributed by atoms with E-state index in [9.17, 15) is 4.79 Å². The van der Waals surface area contributed by atoms with Crippen LogP contribution in [-0.4, -0.2) is 28.8 Å². The normalized spacial score (nSPS) is 12.9. The Hall–Kier alpha value is -1.32. The summed E-state index contributed by atoms with van der Waals surface area (Å²) in [6, 6.07) is -0.663. The molecule has 0 aliphatic carbocycles. The first-order valence-electron chi connectivity index (χ1n) is 3.24. The Morgan fingerprint density at radius 2 is 2.36 bits per heavy atom. The van der Waals surface area contributed by atoms with Crippen LogP contribution in [-0.2, 0) is 4.79 Å². The van der Waals surface area contributed by atoms with Gasteiger partial charge in [0.2, 0.25) is 0 Å². The van der Waals surface area contributed by atoms with E-state index in [1.54, 1.807) is 19.2 Å². The number of hydrazone groups is 1. The second-order valence-electron chi connectivity index (χ2n) is 2.02. The average molecular weight is 156 g/mol. The molecule has 0 saturated carbocycles. The fourth-order valence-corrected chi connectivity index (χ4v) is 0.565. The molecule has 0 aliphatic rings. The molecule has 62 valence electrons. The van der Waals surface area contributed by atoms with Gasteiger partial charge in [-0.2, -0.15) is 5.10 Å². The number of rotatable bonds is 4. The molecule has 0 radical (unpaired) electrons. The molecule has 0 aromatic heterocycles. The Bertz CT molecular complexity index is 177. The summed E-state index contributed by atoms with van der Waals surface area (Å²) >= 11 is 0. The van der Waals surface area contributed by atoms with Gasteiger partial charge in [0.25, 0.3) is 0 Å². The SMILES string of the molecule is C=NN(/C=C\C)[C@H](C)C(=O)O. The van der Waals surface area contributed by atoms with E-state index >= 15 is 0 Å². The molecule has 0 aromatic rings. The maximum Gasteiger partial charge on any atom is 0.328 e. The number of aliphatic carboxylic acids is 1. The Morgan fingerprint density at radius 1 is 1.82 bits per heavy atom. The number of allylic oxidation sites excluding steroid dienone is 1.